The van der Waals surface area contributed by atoms with Gasteiger partial charge in [0.15, 0.2) is 12.0 Å². The largest absolute Gasteiger partial charge is 0.391 e. The van der Waals surface area contributed by atoms with Crippen molar-refractivity contribution >= 4 is 17.2 Å². The van der Waals surface area contributed by atoms with E-state index in [9.17, 15) is 9.18 Å². The van der Waals surface area contributed by atoms with Gasteiger partial charge in [-0.1, -0.05) is 19.0 Å². The number of hydrogen-bond donors (Lipinski definition) is 1. The van der Waals surface area contributed by atoms with E-state index in [1.165, 1.54) is 5.57 Å². The summed E-state index contributed by atoms with van der Waals surface area (Å²) in [5.74, 6) is 0.818. The third-order valence-corrected chi connectivity index (χ3v) is 9.20. The summed E-state index contributed by atoms with van der Waals surface area (Å²) in [4.78, 5) is 23.4. The molecule has 1 aliphatic heterocycles. The minimum atomic E-state index is -1.28. The second-order valence-electron chi connectivity index (χ2n) is 10.8. The van der Waals surface area contributed by atoms with Gasteiger partial charge in [0, 0.05) is 30.6 Å². The first-order valence-corrected chi connectivity index (χ1v) is 12.2. The average Bonchev–Trinajstić information content (AvgIpc) is 3.35. The van der Waals surface area contributed by atoms with Gasteiger partial charge in [0.25, 0.3) is 0 Å². The Balaban J connectivity index is 1.47. The van der Waals surface area contributed by atoms with Crippen molar-refractivity contribution in [3.63, 3.8) is 0 Å². The van der Waals surface area contributed by atoms with Crippen LogP contribution in [-0.2, 0) is 9.63 Å². The molecular weight excluding hydrogens is 393 g/mol. The summed E-state index contributed by atoms with van der Waals surface area (Å²) >= 11 is 0. The van der Waals surface area contributed by atoms with Gasteiger partial charge < -0.3 is 10.2 Å². The van der Waals surface area contributed by atoms with E-state index in [1.54, 1.807) is 0 Å². The minimum absolute atomic E-state index is 0.0175. The Kier molecular flexibility index (Phi) is 5.35. The number of hydrogen-bond acceptors (Lipinski definition) is 5. The van der Waals surface area contributed by atoms with Crippen LogP contribution in [0.25, 0.3) is 0 Å². The molecule has 4 aliphatic carbocycles. The van der Waals surface area contributed by atoms with Crippen molar-refractivity contribution in [1.82, 2.24) is 5.32 Å². The molecule has 7 unspecified atom stereocenters. The summed E-state index contributed by atoms with van der Waals surface area (Å²) in [6.07, 6.45) is 7.14. The standard InChI is InChI=1S/C25H36FN3O2/c1-4-28-22-12-17-18(6-9-25(3)19(17)13-21(26)23(25)30)24(2)8-5-15(11-20(22)24)29-31-16-7-10-27-14-16/h11,16-19,21,27H,4-10,12-14H2,1-3H3. The summed E-state index contributed by atoms with van der Waals surface area (Å²) in [6, 6.07) is 0. The molecule has 7 atom stereocenters. The quantitative estimate of drug-likeness (QED) is 0.682. The van der Waals surface area contributed by atoms with Gasteiger partial charge in [-0.05, 0) is 86.8 Å². The van der Waals surface area contributed by atoms with Crippen molar-refractivity contribution < 1.29 is 14.0 Å². The summed E-state index contributed by atoms with van der Waals surface area (Å²) in [6.45, 7) is 9.09. The van der Waals surface area contributed by atoms with Crippen LogP contribution in [0.3, 0.4) is 0 Å². The number of halogens is 1. The molecule has 170 valence electrons. The number of carbonyl (C=O) groups excluding carboxylic acids is 1. The fourth-order valence-corrected chi connectivity index (χ4v) is 7.44. The molecule has 0 radical (unpaired) electrons. The van der Waals surface area contributed by atoms with Crippen LogP contribution >= 0.6 is 0 Å². The van der Waals surface area contributed by atoms with Crippen LogP contribution in [0.1, 0.15) is 65.7 Å². The van der Waals surface area contributed by atoms with Crippen molar-refractivity contribution in [3.8, 4) is 0 Å². The highest BCUT2D eigenvalue weighted by Gasteiger charge is 2.62. The number of nitrogens with zero attached hydrogens (tertiary/aromatic N) is 2. The Morgan fingerprint density at radius 3 is 2.81 bits per heavy atom. The molecule has 1 heterocycles. The van der Waals surface area contributed by atoms with E-state index in [0.717, 1.165) is 69.6 Å². The number of fused-ring (bicyclic) bond motifs is 5. The van der Waals surface area contributed by atoms with E-state index in [0.29, 0.717) is 18.3 Å². The number of nitrogens with one attached hydrogen (secondary N) is 1. The van der Waals surface area contributed by atoms with Crippen molar-refractivity contribution in [2.24, 2.45) is 38.7 Å². The highest BCUT2D eigenvalue weighted by molar-refractivity contribution is 6.10. The van der Waals surface area contributed by atoms with Gasteiger partial charge in [0.05, 0.1) is 5.71 Å². The number of ketones is 1. The molecule has 0 spiro atoms. The first-order valence-electron chi connectivity index (χ1n) is 12.2. The third-order valence-electron chi connectivity index (χ3n) is 9.20. The second kappa shape index (κ2) is 7.79. The van der Waals surface area contributed by atoms with Gasteiger partial charge in [0.2, 0.25) is 0 Å². The Hall–Kier alpha value is -1.56. The fraction of sp³-hybridized carbons (Fsp3) is 0.800. The van der Waals surface area contributed by atoms with E-state index in [-0.39, 0.29) is 23.2 Å². The highest BCUT2D eigenvalue weighted by Crippen LogP contribution is 2.64. The summed E-state index contributed by atoms with van der Waals surface area (Å²) in [5.41, 5.74) is 3.02. The topological polar surface area (TPSA) is 63.0 Å². The third kappa shape index (κ3) is 3.32. The van der Waals surface area contributed by atoms with Crippen molar-refractivity contribution in [3.05, 3.63) is 11.6 Å². The summed E-state index contributed by atoms with van der Waals surface area (Å²) in [7, 11) is 0. The lowest BCUT2D eigenvalue weighted by Crippen LogP contribution is -2.53. The number of allylic oxidation sites excluding steroid dienone is 2. The smallest absolute Gasteiger partial charge is 0.173 e. The van der Waals surface area contributed by atoms with Crippen molar-refractivity contribution in [2.75, 3.05) is 19.6 Å². The average molecular weight is 430 g/mol. The van der Waals surface area contributed by atoms with Gasteiger partial charge in [-0.3, -0.25) is 9.79 Å². The number of Topliss-reactive ketones (excluding diaryl/α,β-unsaturated/α-hetero) is 1. The first kappa shape index (κ1) is 21.3. The Morgan fingerprint density at radius 1 is 1.23 bits per heavy atom. The molecule has 4 fully saturated rings. The van der Waals surface area contributed by atoms with Crippen LogP contribution in [0.5, 0.6) is 0 Å². The predicted octanol–water partition coefficient (Wildman–Crippen LogP) is 4.27. The number of carbonyl (C=O) groups is 1. The van der Waals surface area contributed by atoms with Gasteiger partial charge in [0.1, 0.15) is 6.10 Å². The van der Waals surface area contributed by atoms with Crippen LogP contribution in [-0.4, -0.2) is 49.1 Å². The van der Waals surface area contributed by atoms with E-state index in [1.807, 2.05) is 6.92 Å². The predicted molar refractivity (Wildman–Crippen MR) is 120 cm³/mol. The van der Waals surface area contributed by atoms with E-state index >= 15 is 0 Å². The lowest BCUT2D eigenvalue weighted by atomic mass is 9.47. The molecule has 1 N–H and O–H groups in total. The van der Waals surface area contributed by atoms with Gasteiger partial charge in [-0.15, -0.1) is 0 Å². The molecule has 6 heteroatoms. The lowest BCUT2D eigenvalue weighted by molar-refractivity contribution is -0.134. The molecule has 0 bridgehead atoms. The zero-order valence-electron chi connectivity index (χ0n) is 19.1. The van der Waals surface area contributed by atoms with Crippen molar-refractivity contribution in [2.45, 2.75) is 78.0 Å². The Morgan fingerprint density at radius 2 is 2.06 bits per heavy atom. The molecule has 3 saturated carbocycles. The van der Waals surface area contributed by atoms with E-state index in [4.69, 9.17) is 9.83 Å². The summed E-state index contributed by atoms with van der Waals surface area (Å²) < 4.78 is 14.5. The molecule has 5 aliphatic rings. The van der Waals surface area contributed by atoms with Crippen LogP contribution in [0.4, 0.5) is 4.39 Å². The second-order valence-corrected chi connectivity index (χ2v) is 10.8. The van der Waals surface area contributed by atoms with Crippen LogP contribution in [0, 0.1) is 28.6 Å². The molecule has 0 amide bonds. The normalized spacial score (nSPS) is 47.2. The zero-order valence-corrected chi connectivity index (χ0v) is 19.1. The van der Waals surface area contributed by atoms with Crippen molar-refractivity contribution in [1.29, 1.82) is 0 Å². The van der Waals surface area contributed by atoms with Crippen LogP contribution in [0.2, 0.25) is 0 Å². The maximum Gasteiger partial charge on any atom is 0.173 e. The minimum Gasteiger partial charge on any atom is -0.391 e. The molecule has 31 heavy (non-hydrogen) atoms. The van der Waals surface area contributed by atoms with Gasteiger partial charge in [-0.25, -0.2) is 4.39 Å². The van der Waals surface area contributed by atoms with E-state index < -0.39 is 11.6 Å². The number of rotatable bonds is 3. The number of oxime groups is 1. The van der Waals surface area contributed by atoms with Gasteiger partial charge >= 0.3 is 0 Å². The van der Waals surface area contributed by atoms with E-state index in [2.05, 4.69) is 30.4 Å². The first-order chi connectivity index (χ1) is 14.9. The molecule has 0 aromatic carbocycles. The lowest BCUT2D eigenvalue weighted by Gasteiger charge is -2.57. The molecule has 0 aromatic rings. The molecule has 5 nitrogen and oxygen atoms in total. The maximum absolute atomic E-state index is 14.5. The van der Waals surface area contributed by atoms with Gasteiger partial charge in [-0.2, -0.15) is 0 Å². The SMILES string of the molecule is CCN=C1CC2C3CC(F)C(=O)C3(C)CCC2C2(C)CCC(=NOC3CCNC3)C=C12. The fourth-order valence-electron chi connectivity index (χ4n) is 7.44. The Labute approximate surface area is 185 Å². The monoisotopic (exact) mass is 429 g/mol. The molecule has 5 rings (SSSR count). The maximum atomic E-state index is 14.5. The zero-order chi connectivity index (χ0) is 21.8. The molecular formula is C25H36FN3O2. The number of alkyl halides is 1. The highest BCUT2D eigenvalue weighted by atomic mass is 19.1. The molecule has 1 saturated heterocycles. The molecule has 0 aromatic heterocycles. The van der Waals surface area contributed by atoms with Crippen LogP contribution < -0.4 is 5.32 Å². The van der Waals surface area contributed by atoms with Crippen LogP contribution in [0.15, 0.2) is 21.8 Å². The Bertz CT molecular complexity index is 846. The summed E-state index contributed by atoms with van der Waals surface area (Å²) in [5, 5.41) is 7.84. The number of aliphatic imine (C=N–C) groups is 1.